The zero-order valence-electron chi connectivity index (χ0n) is 15.1. The first kappa shape index (κ1) is 18.2. The highest BCUT2D eigenvalue weighted by atomic mass is 16.5. The summed E-state index contributed by atoms with van der Waals surface area (Å²) in [7, 11) is 3.01. The lowest BCUT2D eigenvalue weighted by Crippen LogP contribution is -2.39. The van der Waals surface area contributed by atoms with Gasteiger partial charge in [0.1, 0.15) is 5.56 Å². The molecule has 2 aromatic heterocycles. The number of nitrogens with zero attached hydrogens (tertiary/aromatic N) is 4. The highest BCUT2D eigenvalue weighted by Gasteiger charge is 2.28. The number of piperidine rings is 1. The third-order valence-corrected chi connectivity index (χ3v) is 4.58. The second-order valence-corrected chi connectivity index (χ2v) is 6.23. The van der Waals surface area contributed by atoms with Crippen molar-refractivity contribution in [1.29, 1.82) is 0 Å². The Kier molecular flexibility index (Phi) is 5.72. The molecular weight excluding hydrogens is 336 g/mol. The minimum Gasteiger partial charge on any atom is -0.481 e. The van der Waals surface area contributed by atoms with Gasteiger partial charge in [-0.25, -0.2) is 0 Å². The molecule has 0 saturated carbocycles. The molecule has 8 heteroatoms. The number of hydrogen-bond acceptors (Lipinski definition) is 6. The van der Waals surface area contributed by atoms with Crippen molar-refractivity contribution in [3.8, 4) is 11.8 Å². The SMILES string of the molecule is COc1ccc(C(=O)N2CCC[C@@H](c3ccn(CCO)n3)C2)c(OC)n1. The number of carbonyl (C=O) groups is 1. The number of pyridine rings is 1. The number of likely N-dealkylation sites (tertiary alicyclic amines) is 1. The smallest absolute Gasteiger partial charge is 0.259 e. The van der Waals surface area contributed by atoms with Gasteiger partial charge in [-0.3, -0.25) is 9.48 Å². The molecule has 140 valence electrons. The van der Waals surface area contributed by atoms with Crippen LogP contribution in [0.15, 0.2) is 24.4 Å². The Balaban J connectivity index is 1.75. The molecule has 1 aliphatic heterocycles. The first-order valence-electron chi connectivity index (χ1n) is 8.68. The summed E-state index contributed by atoms with van der Waals surface area (Å²) in [6.45, 7) is 1.83. The van der Waals surface area contributed by atoms with Crippen LogP contribution in [0.2, 0.25) is 0 Å². The molecule has 0 aliphatic carbocycles. The summed E-state index contributed by atoms with van der Waals surface area (Å²) in [6.07, 6.45) is 3.76. The molecule has 2 aromatic rings. The lowest BCUT2D eigenvalue weighted by Gasteiger charge is -2.32. The maximum absolute atomic E-state index is 13.0. The van der Waals surface area contributed by atoms with Crippen LogP contribution in [0.25, 0.3) is 0 Å². The van der Waals surface area contributed by atoms with E-state index in [2.05, 4.69) is 10.1 Å². The van der Waals surface area contributed by atoms with E-state index in [9.17, 15) is 4.79 Å². The zero-order chi connectivity index (χ0) is 18.5. The van der Waals surface area contributed by atoms with E-state index in [0.717, 1.165) is 18.5 Å². The predicted octanol–water partition coefficient (Wildman–Crippen LogP) is 1.31. The van der Waals surface area contributed by atoms with Crippen LogP contribution >= 0.6 is 0 Å². The standard InChI is InChI=1S/C18H24N4O4/c1-25-16-6-5-14(17(19-16)26-2)18(24)21-8-3-4-13(12-21)15-7-9-22(20-15)10-11-23/h5-7,9,13,23H,3-4,8,10-12H2,1-2H3/t13-/m1/s1. The van der Waals surface area contributed by atoms with Crippen LogP contribution < -0.4 is 9.47 Å². The minimum atomic E-state index is -0.100. The van der Waals surface area contributed by atoms with E-state index in [1.165, 1.54) is 14.2 Å². The number of methoxy groups -OCH3 is 2. The van der Waals surface area contributed by atoms with Gasteiger partial charge in [0.25, 0.3) is 5.91 Å². The summed E-state index contributed by atoms with van der Waals surface area (Å²) >= 11 is 0. The van der Waals surface area contributed by atoms with Gasteiger partial charge in [0.05, 0.1) is 33.1 Å². The molecule has 1 fully saturated rings. The van der Waals surface area contributed by atoms with E-state index in [4.69, 9.17) is 14.6 Å². The molecule has 0 aromatic carbocycles. The Bertz CT molecular complexity index is 761. The molecule has 1 saturated heterocycles. The first-order chi connectivity index (χ1) is 12.7. The van der Waals surface area contributed by atoms with E-state index >= 15 is 0 Å². The van der Waals surface area contributed by atoms with Crippen LogP contribution in [-0.4, -0.2) is 64.6 Å². The highest BCUT2D eigenvalue weighted by Crippen LogP contribution is 2.28. The normalized spacial score (nSPS) is 17.2. The van der Waals surface area contributed by atoms with Crippen molar-refractivity contribution in [2.45, 2.75) is 25.3 Å². The zero-order valence-corrected chi connectivity index (χ0v) is 15.1. The van der Waals surface area contributed by atoms with E-state index in [-0.39, 0.29) is 24.3 Å². The monoisotopic (exact) mass is 360 g/mol. The number of aromatic nitrogens is 3. The molecule has 1 amide bonds. The Morgan fingerprint density at radius 3 is 2.88 bits per heavy atom. The average Bonchev–Trinajstić information content (AvgIpc) is 3.16. The lowest BCUT2D eigenvalue weighted by molar-refractivity contribution is 0.0701. The lowest BCUT2D eigenvalue weighted by atomic mass is 9.94. The number of rotatable bonds is 6. The Morgan fingerprint density at radius 1 is 1.31 bits per heavy atom. The predicted molar refractivity (Wildman–Crippen MR) is 94.5 cm³/mol. The fourth-order valence-corrected chi connectivity index (χ4v) is 3.25. The highest BCUT2D eigenvalue weighted by molar-refractivity contribution is 5.96. The molecule has 26 heavy (non-hydrogen) atoms. The number of aliphatic hydroxyl groups excluding tert-OH is 1. The topological polar surface area (TPSA) is 89.7 Å². The van der Waals surface area contributed by atoms with Crippen molar-refractivity contribution in [2.24, 2.45) is 0 Å². The van der Waals surface area contributed by atoms with Gasteiger partial charge < -0.3 is 19.5 Å². The van der Waals surface area contributed by atoms with Crippen LogP contribution in [0.4, 0.5) is 0 Å². The summed E-state index contributed by atoms with van der Waals surface area (Å²) in [5.74, 6) is 0.759. The molecule has 8 nitrogen and oxygen atoms in total. The fraction of sp³-hybridized carbons (Fsp3) is 0.500. The van der Waals surface area contributed by atoms with Gasteiger partial charge in [-0.1, -0.05) is 0 Å². The Labute approximate surface area is 152 Å². The molecule has 1 aliphatic rings. The molecule has 1 N–H and O–H groups in total. The van der Waals surface area contributed by atoms with Crippen molar-refractivity contribution < 1.29 is 19.4 Å². The molecule has 0 radical (unpaired) electrons. The Morgan fingerprint density at radius 2 is 2.15 bits per heavy atom. The van der Waals surface area contributed by atoms with Gasteiger partial charge >= 0.3 is 0 Å². The largest absolute Gasteiger partial charge is 0.481 e. The molecular formula is C18H24N4O4. The van der Waals surface area contributed by atoms with Crippen LogP contribution in [-0.2, 0) is 6.54 Å². The number of carbonyl (C=O) groups excluding carboxylic acids is 1. The summed E-state index contributed by atoms with van der Waals surface area (Å²) in [4.78, 5) is 19.0. The van der Waals surface area contributed by atoms with Crippen molar-refractivity contribution in [3.63, 3.8) is 0 Å². The van der Waals surface area contributed by atoms with Crippen LogP contribution in [0.1, 0.15) is 34.8 Å². The van der Waals surface area contributed by atoms with Gasteiger partial charge in [-0.05, 0) is 25.0 Å². The number of ether oxygens (including phenoxy) is 2. The quantitative estimate of drug-likeness (QED) is 0.835. The molecule has 0 unspecified atom stereocenters. The molecule has 3 heterocycles. The van der Waals surface area contributed by atoms with Crippen molar-refractivity contribution in [2.75, 3.05) is 33.9 Å². The second kappa shape index (κ2) is 8.18. The fourth-order valence-electron chi connectivity index (χ4n) is 3.25. The van der Waals surface area contributed by atoms with Crippen molar-refractivity contribution in [1.82, 2.24) is 19.7 Å². The van der Waals surface area contributed by atoms with E-state index in [1.807, 2.05) is 17.2 Å². The van der Waals surface area contributed by atoms with E-state index < -0.39 is 0 Å². The minimum absolute atomic E-state index is 0.0562. The summed E-state index contributed by atoms with van der Waals surface area (Å²) in [5, 5.41) is 13.5. The van der Waals surface area contributed by atoms with Crippen molar-refractivity contribution >= 4 is 5.91 Å². The average molecular weight is 360 g/mol. The number of amides is 1. The van der Waals surface area contributed by atoms with Gasteiger partial charge in [-0.15, -0.1) is 0 Å². The van der Waals surface area contributed by atoms with Crippen LogP contribution in [0.5, 0.6) is 11.8 Å². The van der Waals surface area contributed by atoms with Crippen molar-refractivity contribution in [3.05, 3.63) is 35.7 Å². The van der Waals surface area contributed by atoms with Crippen LogP contribution in [0, 0.1) is 0 Å². The summed E-state index contributed by atoms with van der Waals surface area (Å²) < 4.78 is 12.1. The van der Waals surface area contributed by atoms with E-state index in [0.29, 0.717) is 31.1 Å². The van der Waals surface area contributed by atoms with Gasteiger partial charge in [0.2, 0.25) is 11.8 Å². The first-order valence-corrected chi connectivity index (χ1v) is 8.68. The molecule has 3 rings (SSSR count). The number of hydrogen-bond donors (Lipinski definition) is 1. The Hall–Kier alpha value is -2.61. The summed E-state index contributed by atoms with van der Waals surface area (Å²) in [6, 6.07) is 5.31. The molecule has 0 spiro atoms. The van der Waals surface area contributed by atoms with Gasteiger partial charge in [0, 0.05) is 31.3 Å². The van der Waals surface area contributed by atoms with Gasteiger partial charge in [-0.2, -0.15) is 10.1 Å². The van der Waals surface area contributed by atoms with E-state index in [1.54, 1.807) is 16.8 Å². The third kappa shape index (κ3) is 3.80. The molecule has 1 atom stereocenters. The van der Waals surface area contributed by atoms with Crippen LogP contribution in [0.3, 0.4) is 0 Å². The summed E-state index contributed by atoms with van der Waals surface area (Å²) in [5.41, 5.74) is 1.38. The number of aliphatic hydroxyl groups is 1. The maximum atomic E-state index is 13.0. The van der Waals surface area contributed by atoms with Gasteiger partial charge in [0.15, 0.2) is 0 Å². The maximum Gasteiger partial charge on any atom is 0.259 e. The molecule has 0 bridgehead atoms. The second-order valence-electron chi connectivity index (χ2n) is 6.23. The third-order valence-electron chi connectivity index (χ3n) is 4.58.